The van der Waals surface area contributed by atoms with Gasteiger partial charge in [0.1, 0.15) is 29.4 Å². The van der Waals surface area contributed by atoms with Crippen LogP contribution in [0, 0.1) is 0 Å². The van der Waals surface area contributed by atoms with Crippen LogP contribution in [0.3, 0.4) is 0 Å². The van der Waals surface area contributed by atoms with Crippen LogP contribution in [0.1, 0.15) is 5.56 Å². The minimum atomic E-state index is -0.469. The third-order valence-electron chi connectivity index (χ3n) is 4.72. The third kappa shape index (κ3) is 4.11. The zero-order chi connectivity index (χ0) is 21.1. The highest BCUT2D eigenvalue weighted by atomic mass is 35.5. The molecular formula is C24H19ClO5. The highest BCUT2D eigenvalue weighted by Crippen LogP contribution is 2.33. The van der Waals surface area contributed by atoms with Gasteiger partial charge in [0.2, 0.25) is 0 Å². The predicted octanol–water partition coefficient (Wildman–Crippen LogP) is 5.71. The van der Waals surface area contributed by atoms with E-state index in [0.29, 0.717) is 45.6 Å². The van der Waals surface area contributed by atoms with E-state index in [1.165, 1.54) is 0 Å². The molecule has 4 aromatic rings. The van der Waals surface area contributed by atoms with E-state index in [1.54, 1.807) is 44.6 Å². The molecule has 0 bridgehead atoms. The summed E-state index contributed by atoms with van der Waals surface area (Å²) in [4.78, 5) is 12.7. The number of benzene rings is 3. The number of rotatable bonds is 6. The largest absolute Gasteiger partial charge is 0.497 e. The van der Waals surface area contributed by atoms with E-state index < -0.39 is 5.63 Å². The van der Waals surface area contributed by atoms with E-state index in [9.17, 15) is 4.79 Å². The molecule has 1 heterocycles. The van der Waals surface area contributed by atoms with Crippen molar-refractivity contribution in [2.75, 3.05) is 14.2 Å². The van der Waals surface area contributed by atoms with Gasteiger partial charge in [-0.05, 0) is 54.1 Å². The van der Waals surface area contributed by atoms with E-state index in [-0.39, 0.29) is 0 Å². The van der Waals surface area contributed by atoms with Gasteiger partial charge in [-0.1, -0.05) is 23.7 Å². The highest BCUT2D eigenvalue weighted by molar-refractivity contribution is 6.30. The zero-order valence-corrected chi connectivity index (χ0v) is 17.2. The average molecular weight is 423 g/mol. The first-order valence-corrected chi connectivity index (χ1v) is 9.63. The third-order valence-corrected chi connectivity index (χ3v) is 4.97. The van der Waals surface area contributed by atoms with E-state index in [2.05, 4.69) is 0 Å². The van der Waals surface area contributed by atoms with Crippen molar-refractivity contribution in [3.63, 3.8) is 0 Å². The summed E-state index contributed by atoms with van der Waals surface area (Å²) in [6, 6.07) is 19.9. The fourth-order valence-electron chi connectivity index (χ4n) is 3.14. The summed E-state index contributed by atoms with van der Waals surface area (Å²) in [5.74, 6) is 1.79. The van der Waals surface area contributed by atoms with Crippen LogP contribution >= 0.6 is 11.6 Å². The van der Waals surface area contributed by atoms with Gasteiger partial charge >= 0.3 is 5.63 Å². The number of methoxy groups -OCH3 is 2. The molecule has 0 unspecified atom stereocenters. The molecule has 30 heavy (non-hydrogen) atoms. The van der Waals surface area contributed by atoms with Crippen LogP contribution in [0.25, 0.3) is 22.1 Å². The second kappa shape index (κ2) is 8.51. The maximum atomic E-state index is 12.7. The highest BCUT2D eigenvalue weighted by Gasteiger charge is 2.14. The molecule has 152 valence electrons. The van der Waals surface area contributed by atoms with Crippen LogP contribution in [0.2, 0.25) is 5.02 Å². The van der Waals surface area contributed by atoms with Crippen LogP contribution in [0.5, 0.6) is 17.2 Å². The summed E-state index contributed by atoms with van der Waals surface area (Å²) in [6.07, 6.45) is 0. The lowest BCUT2D eigenvalue weighted by atomic mass is 10.0. The Kier molecular flexibility index (Phi) is 5.63. The molecule has 5 nitrogen and oxygen atoms in total. The van der Waals surface area contributed by atoms with Gasteiger partial charge in [-0.2, -0.15) is 0 Å². The SMILES string of the molecule is COc1ccc(OC)c(-c2cc3ccc(OCc4ccc(Cl)cc4)cc3oc2=O)c1. The Morgan fingerprint density at radius 3 is 2.33 bits per heavy atom. The summed E-state index contributed by atoms with van der Waals surface area (Å²) in [5, 5.41) is 1.45. The maximum absolute atomic E-state index is 12.7. The molecule has 0 amide bonds. The molecule has 1 aromatic heterocycles. The minimum Gasteiger partial charge on any atom is -0.497 e. The smallest absolute Gasteiger partial charge is 0.344 e. The topological polar surface area (TPSA) is 57.9 Å². The van der Waals surface area contributed by atoms with E-state index in [0.717, 1.165) is 10.9 Å². The van der Waals surface area contributed by atoms with Crippen molar-refractivity contribution in [1.29, 1.82) is 0 Å². The van der Waals surface area contributed by atoms with Gasteiger partial charge in [0.05, 0.1) is 19.8 Å². The van der Waals surface area contributed by atoms with Crippen molar-refractivity contribution >= 4 is 22.6 Å². The quantitative estimate of drug-likeness (QED) is 0.372. The van der Waals surface area contributed by atoms with Gasteiger partial charge < -0.3 is 18.6 Å². The van der Waals surface area contributed by atoms with Crippen LogP contribution in [0.4, 0.5) is 0 Å². The van der Waals surface area contributed by atoms with E-state index in [1.807, 2.05) is 36.4 Å². The Labute approximate surface area is 178 Å². The average Bonchev–Trinajstić information content (AvgIpc) is 2.77. The van der Waals surface area contributed by atoms with Crippen LogP contribution < -0.4 is 19.8 Å². The zero-order valence-electron chi connectivity index (χ0n) is 16.5. The van der Waals surface area contributed by atoms with Crippen molar-refractivity contribution < 1.29 is 18.6 Å². The molecular weight excluding hydrogens is 404 g/mol. The van der Waals surface area contributed by atoms with Crippen molar-refractivity contribution in [2.45, 2.75) is 6.61 Å². The molecule has 0 radical (unpaired) electrons. The molecule has 0 aliphatic carbocycles. The van der Waals surface area contributed by atoms with Crippen LogP contribution in [0.15, 0.2) is 75.9 Å². The second-order valence-corrected chi connectivity index (χ2v) is 7.06. The van der Waals surface area contributed by atoms with Crippen molar-refractivity contribution in [1.82, 2.24) is 0 Å². The Hall–Kier alpha value is -3.44. The Balaban J connectivity index is 1.66. The van der Waals surface area contributed by atoms with E-state index >= 15 is 0 Å². The summed E-state index contributed by atoms with van der Waals surface area (Å²) >= 11 is 5.90. The van der Waals surface area contributed by atoms with Gasteiger partial charge in [-0.3, -0.25) is 0 Å². The number of fused-ring (bicyclic) bond motifs is 1. The van der Waals surface area contributed by atoms with Crippen molar-refractivity contribution in [3.8, 4) is 28.4 Å². The number of hydrogen-bond acceptors (Lipinski definition) is 5. The van der Waals surface area contributed by atoms with Gasteiger partial charge in [-0.25, -0.2) is 4.79 Å². The summed E-state index contributed by atoms with van der Waals surface area (Å²) in [7, 11) is 3.12. The normalized spacial score (nSPS) is 10.8. The van der Waals surface area contributed by atoms with Crippen LogP contribution in [-0.2, 0) is 6.61 Å². The molecule has 0 atom stereocenters. The summed E-state index contributed by atoms with van der Waals surface area (Å²) < 4.78 is 22.1. The number of hydrogen-bond donors (Lipinski definition) is 0. The van der Waals surface area contributed by atoms with Gasteiger partial charge in [-0.15, -0.1) is 0 Å². The fourth-order valence-corrected chi connectivity index (χ4v) is 3.27. The number of halogens is 1. The van der Waals surface area contributed by atoms with Gasteiger partial charge in [0, 0.05) is 22.0 Å². The first kappa shape index (κ1) is 19.9. The Morgan fingerprint density at radius 2 is 1.60 bits per heavy atom. The lowest BCUT2D eigenvalue weighted by Crippen LogP contribution is -2.04. The van der Waals surface area contributed by atoms with Crippen molar-refractivity contribution in [2.24, 2.45) is 0 Å². The maximum Gasteiger partial charge on any atom is 0.344 e. The lowest BCUT2D eigenvalue weighted by molar-refractivity contribution is 0.306. The Morgan fingerprint density at radius 1 is 0.833 bits per heavy atom. The summed E-state index contributed by atoms with van der Waals surface area (Å²) in [5.41, 5.74) is 1.97. The van der Waals surface area contributed by atoms with Gasteiger partial charge in [0.15, 0.2) is 0 Å². The second-order valence-electron chi connectivity index (χ2n) is 6.63. The van der Waals surface area contributed by atoms with E-state index in [4.69, 9.17) is 30.2 Å². The lowest BCUT2D eigenvalue weighted by Gasteiger charge is -2.11. The first-order chi connectivity index (χ1) is 14.6. The molecule has 0 spiro atoms. The molecule has 0 aliphatic heterocycles. The monoisotopic (exact) mass is 422 g/mol. The molecule has 3 aromatic carbocycles. The fraction of sp³-hybridized carbons (Fsp3) is 0.125. The molecule has 0 saturated carbocycles. The molecule has 6 heteroatoms. The first-order valence-electron chi connectivity index (χ1n) is 9.25. The molecule has 0 aliphatic rings. The number of ether oxygens (including phenoxy) is 3. The molecule has 4 rings (SSSR count). The Bertz CT molecular complexity index is 1240. The van der Waals surface area contributed by atoms with Crippen LogP contribution in [-0.4, -0.2) is 14.2 Å². The minimum absolute atomic E-state index is 0.381. The summed E-state index contributed by atoms with van der Waals surface area (Å²) in [6.45, 7) is 0.381. The van der Waals surface area contributed by atoms with Gasteiger partial charge in [0.25, 0.3) is 0 Å². The molecule has 0 saturated heterocycles. The molecule has 0 N–H and O–H groups in total. The van der Waals surface area contributed by atoms with Crippen molar-refractivity contribution in [3.05, 3.63) is 87.7 Å². The standard InChI is InChI=1S/C24H19ClO5/c1-27-18-9-10-22(28-2)20(12-18)21-11-16-5-8-19(13-23(16)30-24(21)26)29-14-15-3-6-17(25)7-4-15/h3-13H,14H2,1-2H3. The molecule has 0 fully saturated rings. The predicted molar refractivity (Wildman–Crippen MR) is 117 cm³/mol.